The highest BCUT2D eigenvalue weighted by Crippen LogP contribution is 2.25. The summed E-state index contributed by atoms with van der Waals surface area (Å²) in [5, 5.41) is 6.04. The van der Waals surface area contributed by atoms with Gasteiger partial charge in [0.15, 0.2) is 0 Å². The smallest absolute Gasteiger partial charge is 0.255 e. The Morgan fingerprint density at radius 1 is 1.15 bits per heavy atom. The lowest BCUT2D eigenvalue weighted by Crippen LogP contribution is -2.12. The molecule has 0 bridgehead atoms. The minimum absolute atomic E-state index is 0.168. The van der Waals surface area contributed by atoms with Gasteiger partial charge < -0.3 is 11.1 Å². The third-order valence-corrected chi connectivity index (χ3v) is 4.59. The van der Waals surface area contributed by atoms with Gasteiger partial charge >= 0.3 is 0 Å². The topological polar surface area (TPSA) is 55.1 Å². The van der Waals surface area contributed by atoms with Crippen molar-refractivity contribution < 1.29 is 4.79 Å². The van der Waals surface area contributed by atoms with E-state index < -0.39 is 0 Å². The van der Waals surface area contributed by atoms with Crippen LogP contribution in [0.2, 0.25) is 0 Å². The summed E-state index contributed by atoms with van der Waals surface area (Å²) in [5.41, 5.74) is 7.65. The molecule has 0 atom stereocenters. The molecule has 3 N–H and O–H groups in total. The Kier molecular flexibility index (Phi) is 3.46. The molecule has 1 amide bonds. The van der Waals surface area contributed by atoms with Crippen LogP contribution in [0.5, 0.6) is 0 Å². The van der Waals surface area contributed by atoms with Gasteiger partial charge in [-0.15, -0.1) is 11.3 Å². The number of nitrogens with two attached hydrogens (primary N) is 1. The number of fused-ring (bicyclic) bond motifs is 1. The second kappa shape index (κ2) is 5.26. The number of nitrogens with one attached hydrogen (secondary N) is 1. The number of carbonyl (C=O) groups is 1. The van der Waals surface area contributed by atoms with E-state index in [1.54, 1.807) is 29.5 Å². The molecule has 2 aromatic carbocycles. The van der Waals surface area contributed by atoms with Crippen LogP contribution >= 0.6 is 27.3 Å². The standard InChI is InChI=1S/C15H11BrN2OS/c16-12-3-1-10(8-13(12)17)15(19)18-11-2-4-14-9(7-11)5-6-20-14/h1-8H,17H2,(H,18,19). The van der Waals surface area contributed by atoms with Gasteiger partial charge in [0, 0.05) is 26.1 Å². The van der Waals surface area contributed by atoms with Gasteiger partial charge in [0.2, 0.25) is 0 Å². The number of anilines is 2. The Morgan fingerprint density at radius 2 is 2.00 bits per heavy atom. The zero-order valence-corrected chi connectivity index (χ0v) is 12.8. The van der Waals surface area contributed by atoms with Crippen LogP contribution in [-0.4, -0.2) is 5.91 Å². The summed E-state index contributed by atoms with van der Waals surface area (Å²) in [4.78, 5) is 12.2. The Balaban J connectivity index is 1.85. The van der Waals surface area contributed by atoms with E-state index in [1.807, 2.05) is 29.6 Å². The van der Waals surface area contributed by atoms with Crippen LogP contribution in [0, 0.1) is 0 Å². The highest BCUT2D eigenvalue weighted by molar-refractivity contribution is 9.10. The normalized spacial score (nSPS) is 10.7. The fourth-order valence-electron chi connectivity index (χ4n) is 1.93. The molecule has 3 nitrogen and oxygen atoms in total. The van der Waals surface area contributed by atoms with E-state index in [9.17, 15) is 4.79 Å². The summed E-state index contributed by atoms with van der Waals surface area (Å²) in [6, 6.07) is 13.1. The molecule has 0 fully saturated rings. The lowest BCUT2D eigenvalue weighted by molar-refractivity contribution is 0.102. The highest BCUT2D eigenvalue weighted by Gasteiger charge is 2.08. The van der Waals surface area contributed by atoms with Crippen molar-refractivity contribution in [2.24, 2.45) is 0 Å². The third kappa shape index (κ3) is 2.55. The van der Waals surface area contributed by atoms with Crippen molar-refractivity contribution in [1.29, 1.82) is 0 Å². The van der Waals surface area contributed by atoms with Crippen LogP contribution in [0.4, 0.5) is 11.4 Å². The first-order valence-corrected chi connectivity index (χ1v) is 7.64. The SMILES string of the molecule is Nc1cc(C(=O)Nc2ccc3sccc3c2)ccc1Br. The Labute approximate surface area is 128 Å². The lowest BCUT2D eigenvalue weighted by atomic mass is 10.2. The summed E-state index contributed by atoms with van der Waals surface area (Å²) in [7, 11) is 0. The summed E-state index contributed by atoms with van der Waals surface area (Å²) in [5.74, 6) is -0.168. The van der Waals surface area contributed by atoms with Crippen molar-refractivity contribution in [3.05, 3.63) is 57.9 Å². The number of hydrogen-bond acceptors (Lipinski definition) is 3. The average molecular weight is 347 g/mol. The van der Waals surface area contributed by atoms with Gasteiger partial charge in [-0.1, -0.05) is 0 Å². The monoisotopic (exact) mass is 346 g/mol. The molecule has 100 valence electrons. The molecule has 1 aromatic heterocycles. The zero-order chi connectivity index (χ0) is 14.1. The van der Waals surface area contributed by atoms with E-state index in [0.717, 1.165) is 15.5 Å². The molecule has 0 saturated carbocycles. The van der Waals surface area contributed by atoms with Gasteiger partial charge in [-0.2, -0.15) is 0 Å². The molecule has 0 aliphatic rings. The van der Waals surface area contributed by atoms with Crippen LogP contribution < -0.4 is 11.1 Å². The van der Waals surface area contributed by atoms with Crippen molar-refractivity contribution in [3.63, 3.8) is 0 Å². The van der Waals surface area contributed by atoms with Crippen LogP contribution in [0.25, 0.3) is 10.1 Å². The molecule has 20 heavy (non-hydrogen) atoms. The first-order valence-electron chi connectivity index (χ1n) is 5.97. The maximum absolute atomic E-state index is 12.2. The van der Waals surface area contributed by atoms with Crippen molar-refractivity contribution in [1.82, 2.24) is 0 Å². The lowest BCUT2D eigenvalue weighted by Gasteiger charge is -2.07. The molecular formula is C15H11BrN2OS. The van der Waals surface area contributed by atoms with E-state index in [4.69, 9.17) is 5.73 Å². The maximum atomic E-state index is 12.2. The van der Waals surface area contributed by atoms with Crippen molar-refractivity contribution in [3.8, 4) is 0 Å². The van der Waals surface area contributed by atoms with Crippen LogP contribution in [0.15, 0.2) is 52.3 Å². The zero-order valence-electron chi connectivity index (χ0n) is 10.4. The van der Waals surface area contributed by atoms with Crippen molar-refractivity contribution >= 4 is 54.6 Å². The first-order chi connectivity index (χ1) is 9.63. The molecular weight excluding hydrogens is 336 g/mol. The predicted octanol–water partition coefficient (Wildman–Crippen LogP) is 4.50. The average Bonchev–Trinajstić information content (AvgIpc) is 2.89. The summed E-state index contributed by atoms with van der Waals surface area (Å²) in [6.07, 6.45) is 0. The summed E-state index contributed by atoms with van der Waals surface area (Å²) < 4.78 is 1.99. The second-order valence-electron chi connectivity index (χ2n) is 4.36. The quantitative estimate of drug-likeness (QED) is 0.671. The van der Waals surface area contributed by atoms with Gasteiger partial charge in [-0.05, 0) is 69.2 Å². The number of rotatable bonds is 2. The Morgan fingerprint density at radius 3 is 2.80 bits per heavy atom. The number of amides is 1. The second-order valence-corrected chi connectivity index (χ2v) is 6.17. The number of carbonyl (C=O) groups excluding carboxylic acids is 1. The summed E-state index contributed by atoms with van der Waals surface area (Å²) >= 11 is 4.99. The molecule has 0 saturated heterocycles. The van der Waals surface area contributed by atoms with Gasteiger partial charge in [-0.25, -0.2) is 0 Å². The van der Waals surface area contributed by atoms with Crippen LogP contribution in [-0.2, 0) is 0 Å². The number of nitrogen functional groups attached to an aromatic ring is 1. The van der Waals surface area contributed by atoms with Gasteiger partial charge in [0.05, 0.1) is 0 Å². The van der Waals surface area contributed by atoms with Crippen molar-refractivity contribution in [2.75, 3.05) is 11.1 Å². The van der Waals surface area contributed by atoms with Crippen molar-refractivity contribution in [2.45, 2.75) is 0 Å². The molecule has 0 spiro atoms. The number of thiophene rings is 1. The molecule has 5 heteroatoms. The fourth-order valence-corrected chi connectivity index (χ4v) is 2.95. The highest BCUT2D eigenvalue weighted by atomic mass is 79.9. The minimum atomic E-state index is -0.168. The fraction of sp³-hybridized carbons (Fsp3) is 0. The molecule has 3 aromatic rings. The Hall–Kier alpha value is -1.85. The molecule has 3 rings (SSSR count). The maximum Gasteiger partial charge on any atom is 0.255 e. The molecule has 0 radical (unpaired) electrons. The molecule has 0 aliphatic carbocycles. The van der Waals surface area contributed by atoms with Gasteiger partial charge in [0.25, 0.3) is 5.91 Å². The molecule has 0 aliphatic heterocycles. The number of benzene rings is 2. The number of halogens is 1. The molecule has 1 heterocycles. The molecule has 0 unspecified atom stereocenters. The first kappa shape index (κ1) is 13.1. The van der Waals surface area contributed by atoms with Crippen LogP contribution in [0.3, 0.4) is 0 Å². The van der Waals surface area contributed by atoms with E-state index in [1.165, 1.54) is 4.70 Å². The van der Waals surface area contributed by atoms with E-state index in [2.05, 4.69) is 21.2 Å². The van der Waals surface area contributed by atoms with Gasteiger partial charge in [0.1, 0.15) is 0 Å². The van der Waals surface area contributed by atoms with E-state index in [-0.39, 0.29) is 5.91 Å². The number of hydrogen-bond donors (Lipinski definition) is 2. The van der Waals surface area contributed by atoms with E-state index in [0.29, 0.717) is 11.3 Å². The summed E-state index contributed by atoms with van der Waals surface area (Å²) in [6.45, 7) is 0. The Bertz CT molecular complexity index is 797. The largest absolute Gasteiger partial charge is 0.398 e. The third-order valence-electron chi connectivity index (χ3n) is 2.97. The van der Waals surface area contributed by atoms with E-state index >= 15 is 0 Å². The predicted molar refractivity (Wildman–Crippen MR) is 88.3 cm³/mol. The van der Waals surface area contributed by atoms with Crippen LogP contribution in [0.1, 0.15) is 10.4 Å². The minimum Gasteiger partial charge on any atom is -0.398 e. The van der Waals surface area contributed by atoms with Gasteiger partial charge in [-0.3, -0.25) is 4.79 Å².